The molecule has 1 aliphatic rings. The van der Waals surface area contributed by atoms with Crippen molar-refractivity contribution < 1.29 is 9.64 Å². The lowest BCUT2D eigenvalue weighted by molar-refractivity contribution is -0.917. The van der Waals surface area contributed by atoms with Crippen LogP contribution in [-0.2, 0) is 13.1 Å². The lowest BCUT2D eigenvalue weighted by Crippen LogP contribution is -3.13. The van der Waals surface area contributed by atoms with Crippen molar-refractivity contribution in [3.63, 3.8) is 0 Å². The van der Waals surface area contributed by atoms with E-state index >= 15 is 0 Å². The van der Waals surface area contributed by atoms with E-state index in [-0.39, 0.29) is 0 Å². The summed E-state index contributed by atoms with van der Waals surface area (Å²) in [5, 5.41) is 4.25. The molecule has 4 nitrogen and oxygen atoms in total. The summed E-state index contributed by atoms with van der Waals surface area (Å²) in [5.74, 6) is 0.991. The van der Waals surface area contributed by atoms with Crippen LogP contribution in [0.5, 0.6) is 5.75 Å². The van der Waals surface area contributed by atoms with E-state index in [1.54, 1.807) is 12.0 Å². The Hall–Kier alpha value is -2.11. The number of aryl methyl sites for hydroxylation is 1. The average Bonchev–Trinajstić information content (AvgIpc) is 2.68. The Morgan fingerprint density at radius 3 is 2.58 bits per heavy atom. The van der Waals surface area contributed by atoms with Crippen LogP contribution in [-0.4, -0.2) is 43.3 Å². The minimum absolute atomic E-state index is 0.785. The van der Waals surface area contributed by atoms with Gasteiger partial charge in [0.2, 0.25) is 0 Å². The normalized spacial score (nSPS) is 14.9. The van der Waals surface area contributed by atoms with Crippen LogP contribution in [0.1, 0.15) is 16.7 Å². The van der Waals surface area contributed by atoms with Gasteiger partial charge in [-0.2, -0.15) is 0 Å². The molecule has 0 bridgehead atoms. The topological polar surface area (TPSA) is 28.9 Å². The first kappa shape index (κ1) is 18.7. The van der Waals surface area contributed by atoms with Crippen molar-refractivity contribution in [3.05, 3.63) is 65.2 Å². The standard InChI is InChI=1S/C21H27N3OS/c1-17-8-9-20(25-2)19(14-17)16-23-10-12-24(13-11-23)21(26)22-15-18-6-4-3-5-7-18/h3-9,14H,10-13,15-16H2,1-2H3,(H,22,26)/p+1. The number of nitrogens with one attached hydrogen (secondary N) is 2. The molecule has 1 aliphatic heterocycles. The molecule has 0 amide bonds. The van der Waals surface area contributed by atoms with Crippen LogP contribution in [0.15, 0.2) is 48.5 Å². The van der Waals surface area contributed by atoms with Gasteiger partial charge in [0.05, 0.1) is 33.3 Å². The highest BCUT2D eigenvalue weighted by Gasteiger charge is 2.22. The molecule has 0 spiro atoms. The van der Waals surface area contributed by atoms with Gasteiger partial charge in [0, 0.05) is 12.1 Å². The lowest BCUT2D eigenvalue weighted by atomic mass is 10.1. The fourth-order valence-electron chi connectivity index (χ4n) is 3.40. The van der Waals surface area contributed by atoms with Crippen LogP contribution in [0.4, 0.5) is 0 Å². The quantitative estimate of drug-likeness (QED) is 0.785. The summed E-state index contributed by atoms with van der Waals surface area (Å²) in [5.41, 5.74) is 3.83. The molecule has 2 aromatic carbocycles. The second-order valence-corrected chi connectivity index (χ2v) is 7.26. The van der Waals surface area contributed by atoms with E-state index in [2.05, 4.69) is 59.6 Å². The molecule has 1 saturated heterocycles. The number of hydrogen-bond acceptors (Lipinski definition) is 2. The third-order valence-electron chi connectivity index (χ3n) is 4.92. The Bertz CT molecular complexity index is 727. The Morgan fingerprint density at radius 2 is 1.88 bits per heavy atom. The van der Waals surface area contributed by atoms with Gasteiger partial charge in [0.25, 0.3) is 0 Å². The van der Waals surface area contributed by atoms with Crippen LogP contribution in [0.3, 0.4) is 0 Å². The minimum Gasteiger partial charge on any atom is -0.496 e. The van der Waals surface area contributed by atoms with E-state index in [4.69, 9.17) is 17.0 Å². The summed E-state index contributed by atoms with van der Waals surface area (Å²) >= 11 is 5.58. The number of nitrogens with zero attached hydrogens (tertiary/aromatic N) is 1. The van der Waals surface area contributed by atoms with Crippen LogP contribution < -0.4 is 15.0 Å². The van der Waals surface area contributed by atoms with Gasteiger partial charge in [-0.25, -0.2) is 0 Å². The first-order valence-corrected chi connectivity index (χ1v) is 9.60. The Balaban J connectivity index is 1.48. The number of ether oxygens (including phenoxy) is 1. The fourth-order valence-corrected chi connectivity index (χ4v) is 3.66. The minimum atomic E-state index is 0.785. The van der Waals surface area contributed by atoms with Crippen LogP contribution in [0.25, 0.3) is 0 Å². The second-order valence-electron chi connectivity index (χ2n) is 6.87. The average molecular weight is 371 g/mol. The van der Waals surface area contributed by atoms with Gasteiger partial charge >= 0.3 is 0 Å². The highest BCUT2D eigenvalue weighted by molar-refractivity contribution is 7.80. The maximum atomic E-state index is 5.58. The van der Waals surface area contributed by atoms with Gasteiger partial charge in [-0.15, -0.1) is 0 Å². The maximum Gasteiger partial charge on any atom is 0.169 e. The number of rotatable bonds is 5. The van der Waals surface area contributed by atoms with Crippen molar-refractivity contribution in [2.24, 2.45) is 0 Å². The Labute approximate surface area is 161 Å². The summed E-state index contributed by atoms with van der Waals surface area (Å²) in [6.45, 7) is 8.08. The summed E-state index contributed by atoms with van der Waals surface area (Å²) < 4.78 is 5.52. The zero-order valence-electron chi connectivity index (χ0n) is 15.6. The second kappa shape index (κ2) is 9.01. The molecule has 2 N–H and O–H groups in total. The summed E-state index contributed by atoms with van der Waals surface area (Å²) in [4.78, 5) is 3.87. The highest BCUT2D eigenvalue weighted by Crippen LogP contribution is 2.18. The summed E-state index contributed by atoms with van der Waals surface area (Å²) in [6, 6.07) is 16.8. The predicted molar refractivity (Wildman–Crippen MR) is 110 cm³/mol. The van der Waals surface area contributed by atoms with Crippen molar-refractivity contribution in [1.82, 2.24) is 10.2 Å². The molecule has 0 atom stereocenters. The molecular weight excluding hydrogens is 342 g/mol. The molecule has 0 aliphatic carbocycles. The number of piperazine rings is 1. The molecule has 5 heteroatoms. The third-order valence-corrected chi connectivity index (χ3v) is 5.32. The van der Waals surface area contributed by atoms with Gasteiger partial charge in [0.1, 0.15) is 12.3 Å². The number of quaternary nitrogens is 1. The third kappa shape index (κ3) is 4.96. The molecule has 0 aromatic heterocycles. The van der Waals surface area contributed by atoms with E-state index in [1.165, 1.54) is 16.7 Å². The Kier molecular flexibility index (Phi) is 6.47. The van der Waals surface area contributed by atoms with E-state index in [0.717, 1.165) is 50.1 Å². The van der Waals surface area contributed by atoms with Crippen molar-refractivity contribution in [2.75, 3.05) is 33.3 Å². The van der Waals surface area contributed by atoms with Gasteiger partial charge in [-0.1, -0.05) is 42.0 Å². The monoisotopic (exact) mass is 370 g/mol. The van der Waals surface area contributed by atoms with Gasteiger partial charge < -0.3 is 19.9 Å². The van der Waals surface area contributed by atoms with Gasteiger partial charge in [0.15, 0.2) is 5.11 Å². The first-order chi connectivity index (χ1) is 12.7. The molecule has 138 valence electrons. The summed E-state index contributed by atoms with van der Waals surface area (Å²) in [7, 11) is 1.75. The first-order valence-electron chi connectivity index (χ1n) is 9.19. The number of methoxy groups -OCH3 is 1. The summed E-state index contributed by atoms with van der Waals surface area (Å²) in [6.07, 6.45) is 0. The molecule has 26 heavy (non-hydrogen) atoms. The number of thiocarbonyl (C=S) groups is 1. The molecule has 2 aromatic rings. The SMILES string of the molecule is COc1ccc(C)cc1C[NH+]1CCN(C(=S)NCc2ccccc2)CC1. The predicted octanol–water partition coefficient (Wildman–Crippen LogP) is 1.78. The molecule has 1 heterocycles. The molecule has 0 radical (unpaired) electrons. The van der Waals surface area contributed by atoms with E-state index < -0.39 is 0 Å². The Morgan fingerprint density at radius 1 is 1.15 bits per heavy atom. The van der Waals surface area contributed by atoms with Crippen molar-refractivity contribution in [2.45, 2.75) is 20.0 Å². The van der Waals surface area contributed by atoms with Gasteiger partial charge in [-0.3, -0.25) is 0 Å². The zero-order chi connectivity index (χ0) is 18.4. The molecule has 1 fully saturated rings. The van der Waals surface area contributed by atoms with Crippen LogP contribution >= 0.6 is 12.2 Å². The van der Waals surface area contributed by atoms with Gasteiger partial charge in [-0.05, 0) is 36.8 Å². The van der Waals surface area contributed by atoms with Crippen molar-refractivity contribution >= 4 is 17.3 Å². The highest BCUT2D eigenvalue weighted by atomic mass is 32.1. The fraction of sp³-hybridized carbons (Fsp3) is 0.381. The number of hydrogen-bond donors (Lipinski definition) is 2. The zero-order valence-corrected chi connectivity index (χ0v) is 16.4. The van der Waals surface area contributed by atoms with E-state index in [9.17, 15) is 0 Å². The molecular formula is C21H28N3OS+. The molecule has 3 rings (SSSR count). The smallest absolute Gasteiger partial charge is 0.169 e. The molecule has 0 saturated carbocycles. The van der Waals surface area contributed by atoms with Crippen LogP contribution in [0.2, 0.25) is 0 Å². The maximum absolute atomic E-state index is 5.58. The van der Waals surface area contributed by atoms with E-state index in [1.807, 2.05) is 6.07 Å². The van der Waals surface area contributed by atoms with Crippen molar-refractivity contribution in [1.29, 1.82) is 0 Å². The van der Waals surface area contributed by atoms with Crippen LogP contribution in [0, 0.1) is 6.92 Å². The lowest BCUT2D eigenvalue weighted by Gasteiger charge is -2.34. The number of benzene rings is 2. The molecule has 0 unspecified atom stereocenters. The van der Waals surface area contributed by atoms with Crippen molar-refractivity contribution in [3.8, 4) is 5.75 Å². The van der Waals surface area contributed by atoms with E-state index in [0.29, 0.717) is 0 Å². The largest absolute Gasteiger partial charge is 0.496 e.